The van der Waals surface area contributed by atoms with Crippen LogP contribution in [0.15, 0.2) is 24.3 Å². The highest BCUT2D eigenvalue weighted by atomic mass is 35.5. The number of hydrogen-bond acceptors (Lipinski definition) is 3. The minimum Gasteiger partial charge on any atom is -0.481 e. The van der Waals surface area contributed by atoms with E-state index in [1.54, 1.807) is 0 Å². The molecule has 0 aliphatic carbocycles. The van der Waals surface area contributed by atoms with E-state index < -0.39 is 5.97 Å². The van der Waals surface area contributed by atoms with Crippen LogP contribution in [0.1, 0.15) is 18.9 Å². The van der Waals surface area contributed by atoms with Crippen LogP contribution in [0.5, 0.6) is 0 Å². The van der Waals surface area contributed by atoms with Gasteiger partial charge in [-0.1, -0.05) is 25.1 Å². The Morgan fingerprint density at radius 3 is 2.71 bits per heavy atom. The molecule has 6 heteroatoms. The van der Waals surface area contributed by atoms with E-state index in [9.17, 15) is 9.59 Å². The number of anilines is 1. The maximum absolute atomic E-state index is 12.0. The number of nitrogens with one attached hydrogen (secondary N) is 1. The summed E-state index contributed by atoms with van der Waals surface area (Å²) in [5.74, 6) is -1.20. The molecule has 0 saturated carbocycles. The van der Waals surface area contributed by atoms with E-state index in [2.05, 4.69) is 5.32 Å². The van der Waals surface area contributed by atoms with Gasteiger partial charge in [0.25, 0.3) is 0 Å². The van der Waals surface area contributed by atoms with E-state index in [4.69, 9.17) is 5.11 Å². The van der Waals surface area contributed by atoms with Gasteiger partial charge in [-0.05, 0) is 31.0 Å². The Morgan fingerprint density at radius 1 is 1.38 bits per heavy atom. The first-order valence-corrected chi connectivity index (χ1v) is 6.93. The van der Waals surface area contributed by atoms with Crippen molar-refractivity contribution < 1.29 is 14.7 Å². The molecule has 0 bridgehead atoms. The molecular weight excluding hydrogens is 292 g/mol. The molecule has 116 valence electrons. The van der Waals surface area contributed by atoms with Gasteiger partial charge in [0.15, 0.2) is 0 Å². The summed E-state index contributed by atoms with van der Waals surface area (Å²) in [6, 6.07) is 7.73. The SMILES string of the molecule is CCc1ccccc1NC(=O)CN1CCC(C(=O)O)C1.Cl. The number of carbonyl (C=O) groups excluding carboxylic acids is 1. The van der Waals surface area contributed by atoms with Crippen molar-refractivity contribution in [3.05, 3.63) is 29.8 Å². The minimum absolute atomic E-state index is 0. The largest absolute Gasteiger partial charge is 0.481 e. The third-order valence-electron chi connectivity index (χ3n) is 3.66. The van der Waals surface area contributed by atoms with Crippen LogP contribution >= 0.6 is 12.4 Å². The summed E-state index contributed by atoms with van der Waals surface area (Å²) in [5, 5.41) is 11.8. The van der Waals surface area contributed by atoms with E-state index in [0.29, 0.717) is 19.5 Å². The maximum Gasteiger partial charge on any atom is 0.307 e. The number of amides is 1. The van der Waals surface area contributed by atoms with Gasteiger partial charge in [-0.2, -0.15) is 0 Å². The Bertz CT molecular complexity index is 507. The average molecular weight is 313 g/mol. The lowest BCUT2D eigenvalue weighted by Crippen LogP contribution is -2.32. The lowest BCUT2D eigenvalue weighted by atomic mass is 10.1. The number of hydrogen-bond donors (Lipinski definition) is 2. The van der Waals surface area contributed by atoms with Crippen molar-refractivity contribution in [1.29, 1.82) is 0 Å². The first-order valence-electron chi connectivity index (χ1n) is 6.93. The Morgan fingerprint density at radius 2 is 2.10 bits per heavy atom. The van der Waals surface area contributed by atoms with Crippen LogP contribution in [0.3, 0.4) is 0 Å². The first-order chi connectivity index (χ1) is 9.60. The van der Waals surface area contributed by atoms with Crippen LogP contribution in [-0.2, 0) is 16.0 Å². The minimum atomic E-state index is -0.774. The fourth-order valence-corrected chi connectivity index (χ4v) is 2.52. The molecule has 2 rings (SSSR count). The lowest BCUT2D eigenvalue weighted by molar-refractivity contribution is -0.141. The highest BCUT2D eigenvalue weighted by Crippen LogP contribution is 2.18. The van der Waals surface area contributed by atoms with E-state index in [-0.39, 0.29) is 30.8 Å². The predicted octanol–water partition coefficient (Wildman–Crippen LogP) is 2.02. The van der Waals surface area contributed by atoms with Gasteiger partial charge in [0.2, 0.25) is 5.91 Å². The summed E-state index contributed by atoms with van der Waals surface area (Å²) >= 11 is 0. The van der Waals surface area contributed by atoms with Crippen LogP contribution in [0.4, 0.5) is 5.69 Å². The summed E-state index contributed by atoms with van der Waals surface area (Å²) in [5.41, 5.74) is 1.94. The number of benzene rings is 1. The molecule has 0 spiro atoms. The van der Waals surface area contributed by atoms with Crippen LogP contribution < -0.4 is 5.32 Å². The predicted molar refractivity (Wildman–Crippen MR) is 83.9 cm³/mol. The highest BCUT2D eigenvalue weighted by Gasteiger charge is 2.28. The van der Waals surface area contributed by atoms with Crippen molar-refractivity contribution >= 4 is 30.0 Å². The zero-order valence-electron chi connectivity index (χ0n) is 12.0. The van der Waals surface area contributed by atoms with Crippen molar-refractivity contribution in [2.24, 2.45) is 5.92 Å². The number of nitrogens with zero attached hydrogens (tertiary/aromatic N) is 1. The normalized spacial score (nSPS) is 18.0. The number of carbonyl (C=O) groups is 2. The third kappa shape index (κ3) is 4.72. The maximum atomic E-state index is 12.0. The first kappa shape index (κ1) is 17.5. The van der Waals surface area contributed by atoms with Crippen LogP contribution in [-0.4, -0.2) is 41.5 Å². The van der Waals surface area contributed by atoms with Gasteiger partial charge in [-0.3, -0.25) is 14.5 Å². The van der Waals surface area contributed by atoms with E-state index in [1.165, 1.54) is 0 Å². The molecule has 5 nitrogen and oxygen atoms in total. The van der Waals surface area contributed by atoms with Crippen molar-refractivity contribution in [1.82, 2.24) is 4.90 Å². The molecule has 1 fully saturated rings. The standard InChI is InChI=1S/C15H20N2O3.ClH/c1-2-11-5-3-4-6-13(11)16-14(18)10-17-8-7-12(9-17)15(19)20;/h3-6,12H,2,7-10H2,1H3,(H,16,18)(H,19,20);1H. The number of para-hydroxylation sites is 1. The number of aliphatic carboxylic acids is 1. The Balaban J connectivity index is 0.00000220. The average Bonchev–Trinajstić information content (AvgIpc) is 2.88. The van der Waals surface area contributed by atoms with Crippen LogP contribution in [0.2, 0.25) is 0 Å². The Labute approximate surface area is 130 Å². The number of likely N-dealkylation sites (tertiary alicyclic amines) is 1. The second-order valence-corrected chi connectivity index (χ2v) is 5.12. The molecule has 0 radical (unpaired) electrons. The second kappa shape index (κ2) is 8.00. The zero-order chi connectivity index (χ0) is 14.5. The van der Waals surface area contributed by atoms with Gasteiger partial charge in [-0.25, -0.2) is 0 Å². The molecule has 1 unspecified atom stereocenters. The van der Waals surface area contributed by atoms with Crippen molar-refractivity contribution in [3.8, 4) is 0 Å². The van der Waals surface area contributed by atoms with Crippen LogP contribution in [0.25, 0.3) is 0 Å². The van der Waals surface area contributed by atoms with E-state index in [0.717, 1.165) is 17.7 Å². The number of carboxylic acid groups (broad SMARTS) is 1. The van der Waals surface area contributed by atoms with Crippen molar-refractivity contribution in [3.63, 3.8) is 0 Å². The van der Waals surface area contributed by atoms with E-state index in [1.807, 2.05) is 36.1 Å². The van der Waals surface area contributed by atoms with E-state index >= 15 is 0 Å². The van der Waals surface area contributed by atoms with Crippen LogP contribution in [0, 0.1) is 5.92 Å². The molecule has 1 aromatic rings. The zero-order valence-corrected chi connectivity index (χ0v) is 12.9. The Hall–Kier alpha value is -1.59. The lowest BCUT2D eigenvalue weighted by Gasteiger charge is -2.16. The van der Waals surface area contributed by atoms with Crippen molar-refractivity contribution in [2.45, 2.75) is 19.8 Å². The molecule has 1 aliphatic heterocycles. The molecule has 2 N–H and O–H groups in total. The summed E-state index contributed by atoms with van der Waals surface area (Å²) in [7, 11) is 0. The highest BCUT2D eigenvalue weighted by molar-refractivity contribution is 5.93. The number of halogens is 1. The van der Waals surface area contributed by atoms with Gasteiger partial charge in [0.05, 0.1) is 12.5 Å². The molecule has 1 saturated heterocycles. The number of aryl methyl sites for hydroxylation is 1. The molecular formula is C15H21ClN2O3. The Kier molecular flexibility index (Phi) is 6.65. The van der Waals surface area contributed by atoms with Crippen molar-refractivity contribution in [2.75, 3.05) is 25.0 Å². The molecule has 0 aromatic heterocycles. The molecule has 21 heavy (non-hydrogen) atoms. The summed E-state index contributed by atoms with van der Waals surface area (Å²) in [6.45, 7) is 3.42. The third-order valence-corrected chi connectivity index (χ3v) is 3.66. The van der Waals surface area contributed by atoms with Gasteiger partial charge in [0, 0.05) is 12.2 Å². The second-order valence-electron chi connectivity index (χ2n) is 5.12. The fraction of sp³-hybridized carbons (Fsp3) is 0.467. The van der Waals surface area contributed by atoms with Gasteiger partial charge < -0.3 is 10.4 Å². The molecule has 1 amide bonds. The number of rotatable bonds is 5. The summed E-state index contributed by atoms with van der Waals surface area (Å²) in [4.78, 5) is 24.8. The molecule has 1 aliphatic rings. The molecule has 1 heterocycles. The number of carboxylic acids is 1. The molecule has 1 aromatic carbocycles. The van der Waals surface area contributed by atoms with Gasteiger partial charge in [-0.15, -0.1) is 12.4 Å². The van der Waals surface area contributed by atoms with Gasteiger partial charge >= 0.3 is 5.97 Å². The smallest absolute Gasteiger partial charge is 0.307 e. The fourth-order valence-electron chi connectivity index (χ4n) is 2.52. The summed E-state index contributed by atoms with van der Waals surface area (Å²) < 4.78 is 0. The molecule has 1 atom stereocenters. The van der Waals surface area contributed by atoms with Gasteiger partial charge in [0.1, 0.15) is 0 Å². The quantitative estimate of drug-likeness (QED) is 0.872. The monoisotopic (exact) mass is 312 g/mol. The summed E-state index contributed by atoms with van der Waals surface area (Å²) in [6.07, 6.45) is 1.48. The topological polar surface area (TPSA) is 69.6 Å².